The van der Waals surface area contributed by atoms with Gasteiger partial charge in [-0.25, -0.2) is 5.43 Å². The molecule has 0 spiro atoms. The van der Waals surface area contributed by atoms with Gasteiger partial charge in [0.05, 0.1) is 18.3 Å². The number of nitrogens with one attached hydrogen (secondary N) is 1. The lowest BCUT2D eigenvalue weighted by Crippen LogP contribution is -2.03. The molecule has 7 heteroatoms. The highest BCUT2D eigenvalue weighted by Crippen LogP contribution is 2.26. The van der Waals surface area contributed by atoms with Crippen molar-refractivity contribution in [2.24, 2.45) is 5.10 Å². The van der Waals surface area contributed by atoms with Gasteiger partial charge in [-0.3, -0.25) is 0 Å². The molecule has 0 atom stereocenters. The number of aromatic nitrogens is 4. The number of anilines is 1. The molecule has 0 aliphatic heterocycles. The molecular formula is C21H22N6O. The third-order valence-electron chi connectivity index (χ3n) is 4.41. The van der Waals surface area contributed by atoms with Gasteiger partial charge in [-0.05, 0) is 31.5 Å². The second kappa shape index (κ2) is 8.04. The van der Waals surface area contributed by atoms with E-state index in [0.717, 1.165) is 46.3 Å². The number of benzene rings is 2. The van der Waals surface area contributed by atoms with Gasteiger partial charge in [0, 0.05) is 17.5 Å². The Morgan fingerprint density at radius 2 is 1.89 bits per heavy atom. The molecule has 0 aliphatic carbocycles. The number of fused-ring (bicyclic) bond motifs is 3. The zero-order chi connectivity index (χ0) is 19.3. The minimum atomic E-state index is 0.359. The van der Waals surface area contributed by atoms with Crippen molar-refractivity contribution in [3.05, 3.63) is 54.1 Å². The van der Waals surface area contributed by atoms with Gasteiger partial charge in [-0.2, -0.15) is 10.1 Å². The molecule has 0 amide bonds. The van der Waals surface area contributed by atoms with Crippen LogP contribution in [0.15, 0.2) is 53.6 Å². The van der Waals surface area contributed by atoms with Crippen molar-refractivity contribution >= 4 is 34.2 Å². The predicted molar refractivity (Wildman–Crippen MR) is 112 cm³/mol. The first-order chi connectivity index (χ1) is 13.8. The van der Waals surface area contributed by atoms with Crippen LogP contribution in [0.1, 0.15) is 25.8 Å². The molecule has 0 aliphatic rings. The van der Waals surface area contributed by atoms with Crippen molar-refractivity contribution in [2.75, 3.05) is 12.0 Å². The molecule has 142 valence electrons. The predicted octanol–water partition coefficient (Wildman–Crippen LogP) is 4.23. The van der Waals surface area contributed by atoms with E-state index >= 15 is 0 Å². The summed E-state index contributed by atoms with van der Waals surface area (Å²) >= 11 is 0. The lowest BCUT2D eigenvalue weighted by Gasteiger charge is -2.06. The number of rotatable bonds is 7. The molecule has 2 aromatic carbocycles. The Balaban J connectivity index is 1.65. The Kier molecular flexibility index (Phi) is 5.14. The zero-order valence-electron chi connectivity index (χ0n) is 16.0. The van der Waals surface area contributed by atoms with Crippen LogP contribution >= 0.6 is 0 Å². The van der Waals surface area contributed by atoms with Crippen LogP contribution in [0.4, 0.5) is 5.95 Å². The van der Waals surface area contributed by atoms with Crippen molar-refractivity contribution in [1.29, 1.82) is 0 Å². The first-order valence-corrected chi connectivity index (χ1v) is 9.44. The van der Waals surface area contributed by atoms with Gasteiger partial charge in [-0.15, -0.1) is 10.2 Å². The molecule has 0 unspecified atom stereocenters. The van der Waals surface area contributed by atoms with E-state index in [9.17, 15) is 0 Å². The first kappa shape index (κ1) is 17.9. The van der Waals surface area contributed by atoms with Crippen LogP contribution in [0, 0.1) is 0 Å². The molecule has 0 fully saturated rings. The SMILES string of the molecule is CCCn1c2ccccc2c2nnc(NN=Cc3ccccc3OCC)nc21. The Morgan fingerprint density at radius 1 is 1.07 bits per heavy atom. The number of aryl methyl sites for hydroxylation is 1. The highest BCUT2D eigenvalue weighted by Gasteiger charge is 2.13. The van der Waals surface area contributed by atoms with Gasteiger partial charge in [0.1, 0.15) is 11.3 Å². The molecule has 1 N–H and O–H groups in total. The van der Waals surface area contributed by atoms with Gasteiger partial charge in [0.2, 0.25) is 0 Å². The molecule has 28 heavy (non-hydrogen) atoms. The fraction of sp³-hybridized carbons (Fsp3) is 0.238. The van der Waals surface area contributed by atoms with Crippen LogP contribution in [0.25, 0.3) is 22.1 Å². The number of ether oxygens (including phenoxy) is 1. The van der Waals surface area contributed by atoms with Crippen molar-refractivity contribution < 1.29 is 4.74 Å². The Morgan fingerprint density at radius 3 is 2.75 bits per heavy atom. The summed E-state index contributed by atoms with van der Waals surface area (Å²) in [5.74, 6) is 1.14. The van der Waals surface area contributed by atoms with Gasteiger partial charge in [0.25, 0.3) is 5.95 Å². The third kappa shape index (κ3) is 3.38. The Hall–Kier alpha value is -3.48. The number of hydrogen-bond donors (Lipinski definition) is 1. The number of nitrogens with zero attached hydrogens (tertiary/aromatic N) is 5. The summed E-state index contributed by atoms with van der Waals surface area (Å²) < 4.78 is 7.79. The lowest BCUT2D eigenvalue weighted by molar-refractivity contribution is 0.340. The molecule has 2 aromatic heterocycles. The van der Waals surface area contributed by atoms with E-state index in [2.05, 4.69) is 49.3 Å². The van der Waals surface area contributed by atoms with Gasteiger partial charge < -0.3 is 9.30 Å². The first-order valence-electron chi connectivity index (χ1n) is 9.44. The van der Waals surface area contributed by atoms with Crippen molar-refractivity contribution in [3.8, 4) is 5.75 Å². The summed E-state index contributed by atoms with van der Waals surface area (Å²) in [4.78, 5) is 4.65. The smallest absolute Gasteiger partial charge is 0.265 e. The van der Waals surface area contributed by atoms with E-state index in [1.807, 2.05) is 43.3 Å². The van der Waals surface area contributed by atoms with Crippen molar-refractivity contribution in [2.45, 2.75) is 26.8 Å². The molecule has 7 nitrogen and oxygen atoms in total. The minimum absolute atomic E-state index is 0.359. The second-order valence-corrected chi connectivity index (χ2v) is 6.32. The third-order valence-corrected chi connectivity index (χ3v) is 4.41. The monoisotopic (exact) mass is 374 g/mol. The van der Waals surface area contributed by atoms with Gasteiger partial charge in [0.15, 0.2) is 5.65 Å². The van der Waals surface area contributed by atoms with Crippen LogP contribution in [0.3, 0.4) is 0 Å². The molecule has 0 radical (unpaired) electrons. The molecule has 0 bridgehead atoms. The molecule has 0 saturated heterocycles. The highest BCUT2D eigenvalue weighted by atomic mass is 16.5. The highest BCUT2D eigenvalue weighted by molar-refractivity contribution is 6.04. The topological polar surface area (TPSA) is 77.2 Å². The van der Waals surface area contributed by atoms with Gasteiger partial charge >= 0.3 is 0 Å². The van der Waals surface area contributed by atoms with E-state index < -0.39 is 0 Å². The van der Waals surface area contributed by atoms with E-state index in [4.69, 9.17) is 4.74 Å². The van der Waals surface area contributed by atoms with Crippen LogP contribution in [-0.4, -0.2) is 32.6 Å². The Bertz CT molecular complexity index is 1130. The standard InChI is InChI=1S/C21H22N6O/c1-3-13-27-17-11-7-6-10-16(17)19-20(27)23-21(26-24-19)25-22-14-15-9-5-8-12-18(15)28-4-2/h5-12,14H,3-4,13H2,1-2H3,(H,23,25,26). The maximum Gasteiger partial charge on any atom is 0.265 e. The summed E-state index contributed by atoms with van der Waals surface area (Å²) in [5.41, 5.74) is 6.50. The number of hydrogen-bond acceptors (Lipinski definition) is 6. The number of hydrazone groups is 1. The van der Waals surface area contributed by atoms with Crippen LogP contribution in [0.5, 0.6) is 5.75 Å². The average Bonchev–Trinajstić information content (AvgIpc) is 3.03. The fourth-order valence-corrected chi connectivity index (χ4v) is 3.23. The van der Waals surface area contributed by atoms with E-state index in [1.54, 1.807) is 6.21 Å². The van der Waals surface area contributed by atoms with E-state index in [1.165, 1.54) is 0 Å². The van der Waals surface area contributed by atoms with Gasteiger partial charge in [-0.1, -0.05) is 37.3 Å². The maximum atomic E-state index is 5.61. The minimum Gasteiger partial charge on any atom is -0.493 e. The largest absolute Gasteiger partial charge is 0.493 e. The lowest BCUT2D eigenvalue weighted by atomic mass is 10.2. The normalized spacial score (nSPS) is 11.5. The molecular weight excluding hydrogens is 352 g/mol. The molecule has 0 saturated carbocycles. The van der Waals surface area contributed by atoms with E-state index in [-0.39, 0.29) is 0 Å². The molecule has 2 heterocycles. The van der Waals surface area contributed by atoms with Crippen LogP contribution in [0.2, 0.25) is 0 Å². The quantitative estimate of drug-likeness (QED) is 0.387. The fourth-order valence-electron chi connectivity index (χ4n) is 3.23. The number of para-hydroxylation sites is 2. The molecule has 4 rings (SSSR count). The van der Waals surface area contributed by atoms with Crippen LogP contribution < -0.4 is 10.2 Å². The summed E-state index contributed by atoms with van der Waals surface area (Å²) in [5, 5.41) is 13.9. The average molecular weight is 374 g/mol. The zero-order valence-corrected chi connectivity index (χ0v) is 16.0. The molecule has 4 aromatic rings. The van der Waals surface area contributed by atoms with Crippen LogP contribution in [-0.2, 0) is 6.54 Å². The maximum absolute atomic E-state index is 5.61. The summed E-state index contributed by atoms with van der Waals surface area (Å²) in [6, 6.07) is 15.9. The summed E-state index contributed by atoms with van der Waals surface area (Å²) in [6.45, 7) is 5.57. The summed E-state index contributed by atoms with van der Waals surface area (Å²) in [7, 11) is 0. The Labute approximate surface area is 163 Å². The van der Waals surface area contributed by atoms with Crippen molar-refractivity contribution in [3.63, 3.8) is 0 Å². The second-order valence-electron chi connectivity index (χ2n) is 6.32. The van der Waals surface area contributed by atoms with Crippen molar-refractivity contribution in [1.82, 2.24) is 19.7 Å². The van der Waals surface area contributed by atoms with E-state index in [0.29, 0.717) is 12.6 Å². The summed E-state index contributed by atoms with van der Waals surface area (Å²) in [6.07, 6.45) is 2.70.